The lowest BCUT2D eigenvalue weighted by atomic mass is 10.0. The van der Waals surface area contributed by atoms with E-state index in [2.05, 4.69) is 37.2 Å². The van der Waals surface area contributed by atoms with E-state index in [-0.39, 0.29) is 17.9 Å². The fourth-order valence-corrected chi connectivity index (χ4v) is 5.32. The highest BCUT2D eigenvalue weighted by molar-refractivity contribution is 6.33. The van der Waals surface area contributed by atoms with E-state index < -0.39 is 5.69 Å². The molecule has 0 saturated carbocycles. The van der Waals surface area contributed by atoms with Crippen molar-refractivity contribution in [2.45, 2.75) is 46.1 Å². The Kier molecular flexibility index (Phi) is 7.87. The Labute approximate surface area is 223 Å². The molecule has 1 aliphatic heterocycles. The largest absolute Gasteiger partial charge is 0.358 e. The average Bonchev–Trinajstić information content (AvgIpc) is 2.87. The van der Waals surface area contributed by atoms with Gasteiger partial charge in [-0.15, -0.1) is 0 Å². The van der Waals surface area contributed by atoms with Gasteiger partial charge in [0, 0.05) is 39.3 Å². The van der Waals surface area contributed by atoms with E-state index in [9.17, 15) is 9.59 Å². The van der Waals surface area contributed by atoms with Crippen LogP contribution >= 0.6 is 11.6 Å². The topological polar surface area (TPSA) is 74.6 Å². The predicted octanol–water partition coefficient (Wildman–Crippen LogP) is 4.63. The molecule has 1 aromatic carbocycles. The fourth-order valence-electron chi connectivity index (χ4n) is 5.02. The van der Waals surface area contributed by atoms with Gasteiger partial charge in [-0.05, 0) is 43.0 Å². The quantitative estimate of drug-likeness (QED) is 0.421. The van der Waals surface area contributed by atoms with Crippen molar-refractivity contribution in [3.05, 3.63) is 64.1 Å². The minimum Gasteiger partial charge on any atom is -0.358 e. The van der Waals surface area contributed by atoms with E-state index in [1.54, 1.807) is 9.47 Å². The first-order valence-electron chi connectivity index (χ1n) is 12.8. The summed E-state index contributed by atoms with van der Waals surface area (Å²) in [7, 11) is 1.95. The summed E-state index contributed by atoms with van der Waals surface area (Å²) in [6.45, 7) is 14.3. The molecule has 37 heavy (non-hydrogen) atoms. The van der Waals surface area contributed by atoms with Crippen LogP contribution in [0.5, 0.6) is 0 Å². The molecule has 4 rings (SSSR count). The number of halogens is 1. The summed E-state index contributed by atoms with van der Waals surface area (Å²) < 4.78 is 1.61. The van der Waals surface area contributed by atoms with Crippen LogP contribution in [-0.4, -0.2) is 64.6 Å². The number of amides is 1. The van der Waals surface area contributed by atoms with E-state index in [0.717, 1.165) is 24.2 Å². The number of pyridine rings is 1. The third kappa shape index (κ3) is 5.07. The Morgan fingerprint density at radius 1 is 1.27 bits per heavy atom. The molecule has 0 radical (unpaired) electrons. The Morgan fingerprint density at radius 2 is 2.00 bits per heavy atom. The minimum absolute atomic E-state index is 0.0623. The monoisotopic (exact) mass is 522 g/mol. The van der Waals surface area contributed by atoms with Gasteiger partial charge in [0.15, 0.2) is 5.65 Å². The first-order valence-corrected chi connectivity index (χ1v) is 13.2. The molecule has 2 aromatic heterocycles. The van der Waals surface area contributed by atoms with Gasteiger partial charge >= 0.3 is 5.69 Å². The van der Waals surface area contributed by atoms with Crippen LogP contribution in [0.4, 0.5) is 11.6 Å². The second-order valence-electron chi connectivity index (χ2n) is 9.88. The minimum atomic E-state index is -0.397. The lowest BCUT2D eigenvalue weighted by Crippen LogP contribution is -2.54. The van der Waals surface area contributed by atoms with Crippen molar-refractivity contribution in [3.8, 4) is 5.69 Å². The van der Waals surface area contributed by atoms with Crippen molar-refractivity contribution in [1.82, 2.24) is 19.4 Å². The smallest absolute Gasteiger partial charge is 0.355 e. The molecule has 8 nitrogen and oxygen atoms in total. The van der Waals surface area contributed by atoms with Crippen LogP contribution in [0.15, 0.2) is 47.8 Å². The summed E-state index contributed by atoms with van der Waals surface area (Å²) in [5.41, 5.74) is 1.92. The van der Waals surface area contributed by atoms with Crippen LogP contribution in [0.1, 0.15) is 45.6 Å². The van der Waals surface area contributed by atoms with Gasteiger partial charge in [-0.2, -0.15) is 4.98 Å². The van der Waals surface area contributed by atoms with Crippen LogP contribution < -0.4 is 15.5 Å². The number of para-hydroxylation sites is 1. The van der Waals surface area contributed by atoms with Gasteiger partial charge in [-0.3, -0.25) is 4.79 Å². The van der Waals surface area contributed by atoms with E-state index in [4.69, 9.17) is 16.6 Å². The molecule has 0 bridgehead atoms. The van der Waals surface area contributed by atoms with Gasteiger partial charge in [-0.1, -0.05) is 57.2 Å². The summed E-state index contributed by atoms with van der Waals surface area (Å²) in [5, 5.41) is 1.20. The highest BCUT2D eigenvalue weighted by atomic mass is 35.5. The van der Waals surface area contributed by atoms with Gasteiger partial charge < -0.3 is 14.7 Å². The Bertz CT molecular complexity index is 1390. The molecule has 0 N–H and O–H groups in total. The molecular weight excluding hydrogens is 488 g/mol. The SMILES string of the molecule is C=CC(=O)N1CCN(c2nc(=O)n(-c3ccccc3C(C)C)c3nc(N(C)CCC)c(Cl)cc23)[C@@H](C)C1. The Hall–Kier alpha value is -3.39. The predicted molar refractivity (Wildman–Crippen MR) is 151 cm³/mol. The number of carbonyl (C=O) groups is 1. The Morgan fingerprint density at radius 3 is 2.65 bits per heavy atom. The molecule has 1 fully saturated rings. The Balaban J connectivity index is 1.97. The van der Waals surface area contributed by atoms with E-state index in [0.29, 0.717) is 47.3 Å². The summed E-state index contributed by atoms with van der Waals surface area (Å²) in [5.74, 6) is 1.26. The lowest BCUT2D eigenvalue weighted by molar-refractivity contribution is -0.126. The second kappa shape index (κ2) is 10.9. The van der Waals surface area contributed by atoms with Gasteiger partial charge in [0.25, 0.3) is 0 Å². The maximum absolute atomic E-state index is 13.8. The molecule has 3 heterocycles. The first-order chi connectivity index (χ1) is 17.7. The average molecular weight is 523 g/mol. The zero-order chi connectivity index (χ0) is 26.9. The number of hydrogen-bond donors (Lipinski definition) is 0. The van der Waals surface area contributed by atoms with Crippen molar-refractivity contribution in [1.29, 1.82) is 0 Å². The maximum atomic E-state index is 13.8. The molecule has 0 spiro atoms. The highest BCUT2D eigenvalue weighted by Gasteiger charge is 2.30. The zero-order valence-electron chi connectivity index (χ0n) is 22.2. The van der Waals surface area contributed by atoms with Gasteiger partial charge in [-0.25, -0.2) is 14.3 Å². The third-order valence-electron chi connectivity index (χ3n) is 6.89. The molecule has 3 aromatic rings. The van der Waals surface area contributed by atoms with Crippen LogP contribution in [0.25, 0.3) is 16.7 Å². The van der Waals surface area contributed by atoms with Crippen molar-refractivity contribution >= 4 is 40.2 Å². The van der Waals surface area contributed by atoms with Crippen molar-refractivity contribution in [3.63, 3.8) is 0 Å². The molecule has 0 unspecified atom stereocenters. The number of piperazine rings is 1. The standard InChI is InChI=1S/C28H35ClN6O2/c1-7-13-32(6)27-22(29)16-21-25(34-15-14-33(17-19(34)5)24(36)8-2)31-28(37)35(26(21)30-27)23-12-10-9-11-20(23)18(3)4/h8-12,16,18-19H,2,7,13-15,17H2,1,3-6H3/t19-/m0/s1. The number of anilines is 2. The van der Waals surface area contributed by atoms with Crippen molar-refractivity contribution in [2.75, 3.05) is 43.0 Å². The summed E-state index contributed by atoms with van der Waals surface area (Å²) in [6.07, 6.45) is 2.27. The molecule has 1 amide bonds. The third-order valence-corrected chi connectivity index (χ3v) is 7.17. The number of nitrogens with zero attached hydrogens (tertiary/aromatic N) is 6. The number of fused-ring (bicyclic) bond motifs is 1. The van der Waals surface area contributed by atoms with Crippen LogP contribution in [0, 0.1) is 0 Å². The normalized spacial score (nSPS) is 15.9. The van der Waals surface area contributed by atoms with E-state index >= 15 is 0 Å². The number of rotatable bonds is 7. The molecule has 1 saturated heterocycles. The van der Waals surface area contributed by atoms with E-state index in [1.807, 2.05) is 49.2 Å². The molecular formula is C28H35ClN6O2. The van der Waals surface area contributed by atoms with Gasteiger partial charge in [0.1, 0.15) is 11.6 Å². The number of benzene rings is 1. The number of aromatic nitrogens is 3. The maximum Gasteiger partial charge on any atom is 0.355 e. The van der Waals surface area contributed by atoms with Crippen LogP contribution in [-0.2, 0) is 4.79 Å². The summed E-state index contributed by atoms with van der Waals surface area (Å²) in [6, 6.07) is 9.67. The summed E-state index contributed by atoms with van der Waals surface area (Å²) >= 11 is 6.78. The van der Waals surface area contributed by atoms with Crippen molar-refractivity contribution < 1.29 is 4.79 Å². The summed E-state index contributed by atoms with van der Waals surface area (Å²) in [4.78, 5) is 41.4. The van der Waals surface area contributed by atoms with Gasteiger partial charge in [0.05, 0.1) is 16.1 Å². The number of hydrogen-bond acceptors (Lipinski definition) is 6. The fraction of sp³-hybridized carbons (Fsp3) is 0.429. The zero-order valence-corrected chi connectivity index (χ0v) is 23.0. The van der Waals surface area contributed by atoms with E-state index in [1.165, 1.54) is 6.08 Å². The van der Waals surface area contributed by atoms with Crippen LogP contribution in [0.3, 0.4) is 0 Å². The molecule has 1 atom stereocenters. The first kappa shape index (κ1) is 26.7. The van der Waals surface area contributed by atoms with Gasteiger partial charge in [0.2, 0.25) is 5.91 Å². The highest BCUT2D eigenvalue weighted by Crippen LogP contribution is 2.34. The second-order valence-corrected chi connectivity index (χ2v) is 10.3. The lowest BCUT2D eigenvalue weighted by Gasteiger charge is -2.40. The number of carbonyl (C=O) groups excluding carboxylic acids is 1. The van der Waals surface area contributed by atoms with Crippen molar-refractivity contribution in [2.24, 2.45) is 0 Å². The molecule has 0 aliphatic carbocycles. The molecule has 196 valence electrons. The van der Waals surface area contributed by atoms with Crippen LogP contribution in [0.2, 0.25) is 5.02 Å². The molecule has 9 heteroatoms. The molecule has 1 aliphatic rings.